The van der Waals surface area contributed by atoms with Gasteiger partial charge in [0.05, 0.1) is 5.41 Å². The summed E-state index contributed by atoms with van der Waals surface area (Å²) in [5.41, 5.74) is -0.0798. The number of nitrogens with zero attached hydrogens (tertiary/aromatic N) is 1. The average Bonchev–Trinajstić information content (AvgIpc) is 2.45. The number of nitrogens with one attached hydrogen (secondary N) is 1. The Hall–Kier alpha value is -0.280. The van der Waals surface area contributed by atoms with Gasteiger partial charge in [-0.2, -0.15) is 0 Å². The molecule has 3 nitrogen and oxygen atoms in total. The second kappa shape index (κ2) is 4.53. The fraction of sp³-hybridized carbons (Fsp3) is 0.917. The summed E-state index contributed by atoms with van der Waals surface area (Å²) in [6.07, 6.45) is 3.26. The molecule has 0 saturated carbocycles. The van der Waals surface area contributed by atoms with Crippen molar-refractivity contribution >= 4 is 18.3 Å². The first-order chi connectivity index (χ1) is 6.96. The Morgan fingerprint density at radius 3 is 2.44 bits per heavy atom. The second-order valence-corrected chi connectivity index (χ2v) is 5.94. The van der Waals surface area contributed by atoms with Crippen LogP contribution in [-0.2, 0) is 4.79 Å². The lowest BCUT2D eigenvalue weighted by Gasteiger charge is -2.36. The third kappa shape index (κ3) is 2.21. The molecule has 1 N–H and O–H groups in total. The van der Waals surface area contributed by atoms with Gasteiger partial charge in [-0.05, 0) is 46.6 Å². The molecule has 2 saturated heterocycles. The van der Waals surface area contributed by atoms with Crippen LogP contribution in [0.2, 0.25) is 0 Å². The van der Waals surface area contributed by atoms with E-state index < -0.39 is 0 Å². The molecule has 0 aromatic heterocycles. The van der Waals surface area contributed by atoms with E-state index in [0.29, 0.717) is 5.91 Å². The second-order valence-electron chi connectivity index (χ2n) is 5.94. The van der Waals surface area contributed by atoms with E-state index in [1.165, 1.54) is 0 Å². The summed E-state index contributed by atoms with van der Waals surface area (Å²) in [5.74, 6) is 0.377. The zero-order valence-electron chi connectivity index (χ0n) is 10.5. The van der Waals surface area contributed by atoms with Crippen LogP contribution >= 0.6 is 12.4 Å². The summed E-state index contributed by atoms with van der Waals surface area (Å²) in [4.78, 5) is 14.5. The Bertz CT molecular complexity index is 267. The Morgan fingerprint density at radius 1 is 1.31 bits per heavy atom. The molecular weight excluding hydrogens is 224 g/mol. The van der Waals surface area contributed by atoms with Gasteiger partial charge < -0.3 is 10.2 Å². The van der Waals surface area contributed by atoms with Crippen molar-refractivity contribution in [1.82, 2.24) is 10.2 Å². The lowest BCUT2D eigenvalue weighted by Crippen LogP contribution is -2.50. The maximum absolute atomic E-state index is 12.4. The maximum Gasteiger partial charge on any atom is 0.230 e. The number of piperidine rings is 1. The molecule has 0 bridgehead atoms. The Kier molecular flexibility index (Phi) is 3.91. The molecular formula is C12H23ClN2O. The van der Waals surface area contributed by atoms with Crippen molar-refractivity contribution in [2.45, 2.75) is 45.6 Å². The number of rotatable bonds is 0. The van der Waals surface area contributed by atoms with Crippen molar-refractivity contribution in [2.24, 2.45) is 5.41 Å². The Morgan fingerprint density at radius 2 is 2.00 bits per heavy atom. The molecule has 1 atom stereocenters. The smallest absolute Gasteiger partial charge is 0.230 e. The predicted octanol–water partition coefficient (Wildman–Crippen LogP) is 1.81. The van der Waals surface area contributed by atoms with Crippen molar-refractivity contribution < 1.29 is 4.79 Å². The fourth-order valence-electron chi connectivity index (χ4n) is 2.82. The van der Waals surface area contributed by atoms with Gasteiger partial charge in [0.15, 0.2) is 0 Å². The van der Waals surface area contributed by atoms with Gasteiger partial charge in [-0.1, -0.05) is 0 Å². The first kappa shape index (κ1) is 13.8. The van der Waals surface area contributed by atoms with Crippen LogP contribution in [0.3, 0.4) is 0 Å². The zero-order chi connectivity index (χ0) is 11.1. The average molecular weight is 247 g/mol. The molecule has 1 amide bonds. The molecule has 4 heteroatoms. The third-order valence-corrected chi connectivity index (χ3v) is 3.79. The van der Waals surface area contributed by atoms with Crippen molar-refractivity contribution in [1.29, 1.82) is 0 Å². The normalized spacial score (nSPS) is 30.7. The molecule has 2 aliphatic heterocycles. The van der Waals surface area contributed by atoms with Crippen LogP contribution in [-0.4, -0.2) is 36.0 Å². The van der Waals surface area contributed by atoms with Crippen LogP contribution < -0.4 is 5.32 Å². The summed E-state index contributed by atoms with van der Waals surface area (Å²) in [6, 6.07) is 0. The maximum atomic E-state index is 12.4. The quantitative estimate of drug-likeness (QED) is 0.707. The largest absolute Gasteiger partial charge is 0.337 e. The topological polar surface area (TPSA) is 32.3 Å². The lowest BCUT2D eigenvalue weighted by molar-refractivity contribution is -0.140. The number of carbonyl (C=O) groups excluding carboxylic acids is 1. The van der Waals surface area contributed by atoms with Gasteiger partial charge in [-0.25, -0.2) is 0 Å². The summed E-state index contributed by atoms with van der Waals surface area (Å²) in [7, 11) is 0. The molecule has 0 aromatic carbocycles. The van der Waals surface area contributed by atoms with Gasteiger partial charge in [-0.15, -0.1) is 12.4 Å². The van der Waals surface area contributed by atoms with Crippen LogP contribution in [0.15, 0.2) is 0 Å². The van der Waals surface area contributed by atoms with Crippen LogP contribution in [0.1, 0.15) is 40.0 Å². The van der Waals surface area contributed by atoms with Crippen molar-refractivity contribution in [3.8, 4) is 0 Å². The zero-order valence-corrected chi connectivity index (χ0v) is 11.3. The van der Waals surface area contributed by atoms with E-state index in [-0.39, 0.29) is 23.4 Å². The van der Waals surface area contributed by atoms with Crippen molar-refractivity contribution in [2.75, 3.05) is 19.6 Å². The summed E-state index contributed by atoms with van der Waals surface area (Å²) in [6.45, 7) is 9.27. The van der Waals surface area contributed by atoms with Crippen LogP contribution in [0.5, 0.6) is 0 Å². The number of hydrogen-bond acceptors (Lipinski definition) is 2. The molecule has 94 valence electrons. The summed E-state index contributed by atoms with van der Waals surface area (Å²) >= 11 is 0. The van der Waals surface area contributed by atoms with Crippen LogP contribution in [0.25, 0.3) is 0 Å². The van der Waals surface area contributed by atoms with E-state index in [1.54, 1.807) is 0 Å². The lowest BCUT2D eigenvalue weighted by atomic mass is 9.79. The van der Waals surface area contributed by atoms with Crippen molar-refractivity contribution in [3.63, 3.8) is 0 Å². The van der Waals surface area contributed by atoms with Gasteiger partial charge in [-0.3, -0.25) is 4.79 Å². The van der Waals surface area contributed by atoms with Crippen LogP contribution in [0, 0.1) is 5.41 Å². The van der Waals surface area contributed by atoms with E-state index in [1.807, 2.05) is 0 Å². The molecule has 16 heavy (non-hydrogen) atoms. The molecule has 0 aromatic rings. The van der Waals surface area contributed by atoms with E-state index >= 15 is 0 Å². The van der Waals surface area contributed by atoms with Crippen LogP contribution in [0.4, 0.5) is 0 Å². The number of likely N-dealkylation sites (tertiary alicyclic amines) is 1. The van der Waals surface area contributed by atoms with Gasteiger partial charge in [0.25, 0.3) is 0 Å². The highest BCUT2D eigenvalue weighted by Gasteiger charge is 2.49. The number of carbonyl (C=O) groups is 1. The molecule has 2 fully saturated rings. The van der Waals surface area contributed by atoms with Gasteiger partial charge in [0, 0.05) is 18.6 Å². The van der Waals surface area contributed by atoms with Crippen molar-refractivity contribution in [3.05, 3.63) is 0 Å². The first-order valence-corrected chi connectivity index (χ1v) is 5.99. The van der Waals surface area contributed by atoms with Gasteiger partial charge in [0.2, 0.25) is 5.91 Å². The Labute approximate surface area is 104 Å². The SMILES string of the molecule is CC(C)(C)N1CCC2(CCCNC2)C1=O.Cl. The highest BCUT2D eigenvalue weighted by Crippen LogP contribution is 2.40. The third-order valence-electron chi connectivity index (χ3n) is 3.79. The minimum atomic E-state index is -0.0640. The molecule has 1 spiro atoms. The molecule has 2 heterocycles. The minimum absolute atomic E-state index is 0. The van der Waals surface area contributed by atoms with E-state index in [9.17, 15) is 4.79 Å². The fourth-order valence-corrected chi connectivity index (χ4v) is 2.82. The van der Waals surface area contributed by atoms with Gasteiger partial charge in [0.1, 0.15) is 0 Å². The number of halogens is 1. The minimum Gasteiger partial charge on any atom is -0.337 e. The predicted molar refractivity (Wildman–Crippen MR) is 67.9 cm³/mol. The summed E-state index contributed by atoms with van der Waals surface area (Å²) < 4.78 is 0. The molecule has 1 unspecified atom stereocenters. The van der Waals surface area contributed by atoms with E-state index in [2.05, 4.69) is 31.0 Å². The van der Waals surface area contributed by atoms with Gasteiger partial charge >= 0.3 is 0 Å². The van der Waals surface area contributed by atoms with E-state index in [4.69, 9.17) is 0 Å². The first-order valence-electron chi connectivity index (χ1n) is 5.99. The molecule has 0 radical (unpaired) electrons. The molecule has 2 rings (SSSR count). The highest BCUT2D eigenvalue weighted by molar-refractivity contribution is 5.86. The molecule has 2 aliphatic rings. The molecule has 0 aliphatic carbocycles. The number of amides is 1. The highest BCUT2D eigenvalue weighted by atomic mass is 35.5. The summed E-state index contributed by atoms with van der Waals surface area (Å²) in [5, 5.41) is 3.37. The number of hydrogen-bond donors (Lipinski definition) is 1. The standard InChI is InChI=1S/C12H22N2O.ClH/c1-11(2,3)14-8-6-12(10(14)15)5-4-7-13-9-12;/h13H,4-9H2,1-3H3;1H. The van der Waals surface area contributed by atoms with E-state index in [0.717, 1.165) is 38.9 Å². The Balaban J connectivity index is 0.00000128. The monoisotopic (exact) mass is 246 g/mol.